The number of hydrogen-bond acceptors (Lipinski definition) is 2. The molecule has 0 spiro atoms. The van der Waals surface area contributed by atoms with E-state index in [1.807, 2.05) is 39.4 Å². The van der Waals surface area contributed by atoms with Crippen LogP contribution in [0, 0.1) is 5.41 Å². The number of carbonyl (C=O) groups excluding carboxylic acids is 1. The summed E-state index contributed by atoms with van der Waals surface area (Å²) in [5, 5.41) is 0. The quantitative estimate of drug-likeness (QED) is 0.791. The zero-order chi connectivity index (χ0) is 12.2. The van der Waals surface area contributed by atoms with Crippen LogP contribution < -0.4 is 5.73 Å². The summed E-state index contributed by atoms with van der Waals surface area (Å²) in [6, 6.07) is 1.97. The monoisotopic (exact) mass is 223 g/mol. The summed E-state index contributed by atoms with van der Waals surface area (Å²) in [6.07, 6.45) is 4.25. The molecule has 0 atom stereocenters. The number of aromatic nitrogens is 1. The maximum absolute atomic E-state index is 11.9. The van der Waals surface area contributed by atoms with Gasteiger partial charge in [0.2, 0.25) is 5.91 Å². The predicted molar refractivity (Wildman–Crippen MR) is 64.7 cm³/mol. The molecule has 0 aliphatic carbocycles. The van der Waals surface area contributed by atoms with E-state index in [0.29, 0.717) is 19.5 Å². The summed E-state index contributed by atoms with van der Waals surface area (Å²) in [6.45, 7) is 5.18. The highest BCUT2D eigenvalue weighted by molar-refractivity contribution is 5.76. The maximum Gasteiger partial charge on any atom is 0.223 e. The van der Waals surface area contributed by atoms with Gasteiger partial charge >= 0.3 is 0 Å². The standard InChI is InChI=1S/C12H21N3O/c1-12(2,9-13)6-11(16)15(3)8-10-4-5-14-7-10/h4-5,7,14H,6,8-9,13H2,1-3H3. The number of rotatable bonds is 5. The number of hydrogen-bond donors (Lipinski definition) is 2. The lowest BCUT2D eigenvalue weighted by molar-refractivity contribution is -0.132. The Kier molecular flexibility index (Phi) is 4.12. The number of nitrogens with zero attached hydrogens (tertiary/aromatic N) is 1. The van der Waals surface area contributed by atoms with Gasteiger partial charge in [-0.3, -0.25) is 4.79 Å². The van der Waals surface area contributed by atoms with Gasteiger partial charge in [0.05, 0.1) is 0 Å². The third-order valence-corrected chi connectivity index (χ3v) is 2.69. The first-order valence-electron chi connectivity index (χ1n) is 5.50. The van der Waals surface area contributed by atoms with Crippen LogP contribution in [-0.2, 0) is 11.3 Å². The van der Waals surface area contributed by atoms with Crippen molar-refractivity contribution in [2.75, 3.05) is 13.6 Å². The third-order valence-electron chi connectivity index (χ3n) is 2.69. The van der Waals surface area contributed by atoms with Gasteiger partial charge in [-0.15, -0.1) is 0 Å². The number of H-pyrrole nitrogens is 1. The highest BCUT2D eigenvalue weighted by Gasteiger charge is 2.22. The van der Waals surface area contributed by atoms with E-state index in [1.165, 1.54) is 0 Å². The third kappa shape index (κ3) is 3.70. The van der Waals surface area contributed by atoms with Crippen LogP contribution in [0.4, 0.5) is 0 Å². The molecule has 90 valence electrons. The van der Waals surface area contributed by atoms with Gasteiger partial charge < -0.3 is 15.6 Å². The van der Waals surface area contributed by atoms with E-state index in [-0.39, 0.29) is 11.3 Å². The van der Waals surface area contributed by atoms with E-state index in [2.05, 4.69) is 4.98 Å². The van der Waals surface area contributed by atoms with Gasteiger partial charge in [0.1, 0.15) is 0 Å². The highest BCUT2D eigenvalue weighted by atomic mass is 16.2. The van der Waals surface area contributed by atoms with Crippen LogP contribution in [0.5, 0.6) is 0 Å². The van der Waals surface area contributed by atoms with Crippen molar-refractivity contribution in [1.29, 1.82) is 0 Å². The maximum atomic E-state index is 11.9. The van der Waals surface area contributed by atoms with Crippen LogP contribution in [0.2, 0.25) is 0 Å². The smallest absolute Gasteiger partial charge is 0.223 e. The Bertz CT molecular complexity index is 330. The Morgan fingerprint density at radius 2 is 2.25 bits per heavy atom. The fraction of sp³-hybridized carbons (Fsp3) is 0.583. The van der Waals surface area contributed by atoms with Crippen LogP contribution in [-0.4, -0.2) is 29.4 Å². The van der Waals surface area contributed by atoms with Crippen molar-refractivity contribution in [1.82, 2.24) is 9.88 Å². The van der Waals surface area contributed by atoms with Crippen LogP contribution in [0.25, 0.3) is 0 Å². The van der Waals surface area contributed by atoms with Gasteiger partial charge in [0.25, 0.3) is 0 Å². The zero-order valence-corrected chi connectivity index (χ0v) is 10.3. The topological polar surface area (TPSA) is 62.1 Å². The normalized spacial score (nSPS) is 11.5. The first kappa shape index (κ1) is 12.8. The number of carbonyl (C=O) groups is 1. The number of nitrogens with one attached hydrogen (secondary N) is 1. The molecule has 4 heteroatoms. The minimum absolute atomic E-state index is 0.122. The summed E-state index contributed by atoms with van der Waals surface area (Å²) in [5.41, 5.74) is 6.61. The number of nitrogens with two attached hydrogens (primary N) is 1. The second-order valence-electron chi connectivity index (χ2n) is 5.01. The summed E-state index contributed by atoms with van der Waals surface area (Å²) in [4.78, 5) is 16.6. The average Bonchev–Trinajstić information content (AvgIpc) is 2.69. The minimum atomic E-state index is -0.122. The predicted octanol–water partition coefficient (Wildman–Crippen LogP) is 1.35. The van der Waals surface area contributed by atoms with Gasteiger partial charge in [0, 0.05) is 32.4 Å². The van der Waals surface area contributed by atoms with E-state index in [0.717, 1.165) is 5.56 Å². The molecule has 0 aliphatic rings. The zero-order valence-electron chi connectivity index (χ0n) is 10.3. The molecule has 0 radical (unpaired) electrons. The Morgan fingerprint density at radius 1 is 1.56 bits per heavy atom. The van der Waals surface area contributed by atoms with E-state index in [9.17, 15) is 4.79 Å². The van der Waals surface area contributed by atoms with Crippen molar-refractivity contribution in [3.63, 3.8) is 0 Å². The van der Waals surface area contributed by atoms with Crippen molar-refractivity contribution in [3.05, 3.63) is 24.0 Å². The molecule has 3 N–H and O–H groups in total. The minimum Gasteiger partial charge on any atom is -0.367 e. The Hall–Kier alpha value is -1.29. The molecule has 4 nitrogen and oxygen atoms in total. The average molecular weight is 223 g/mol. The van der Waals surface area contributed by atoms with Crippen molar-refractivity contribution < 1.29 is 4.79 Å². The van der Waals surface area contributed by atoms with Crippen LogP contribution in [0.15, 0.2) is 18.5 Å². The summed E-state index contributed by atoms with van der Waals surface area (Å²) in [7, 11) is 1.82. The lowest BCUT2D eigenvalue weighted by atomic mass is 9.89. The van der Waals surface area contributed by atoms with Crippen molar-refractivity contribution in [3.8, 4) is 0 Å². The fourth-order valence-electron chi connectivity index (χ4n) is 1.44. The molecular formula is C12H21N3O. The summed E-state index contributed by atoms with van der Waals surface area (Å²) in [5.74, 6) is 0.136. The molecule has 16 heavy (non-hydrogen) atoms. The van der Waals surface area contributed by atoms with Gasteiger partial charge in [-0.2, -0.15) is 0 Å². The van der Waals surface area contributed by atoms with Crippen molar-refractivity contribution in [2.45, 2.75) is 26.8 Å². The van der Waals surface area contributed by atoms with Crippen molar-refractivity contribution in [2.24, 2.45) is 11.1 Å². The van der Waals surface area contributed by atoms with Crippen LogP contribution in [0.3, 0.4) is 0 Å². The summed E-state index contributed by atoms with van der Waals surface area (Å²) < 4.78 is 0. The molecular weight excluding hydrogens is 202 g/mol. The molecule has 0 saturated carbocycles. The van der Waals surface area contributed by atoms with E-state index in [1.54, 1.807) is 4.90 Å². The second-order valence-corrected chi connectivity index (χ2v) is 5.01. The first-order valence-corrected chi connectivity index (χ1v) is 5.50. The molecule has 1 aromatic rings. The van der Waals surface area contributed by atoms with Gasteiger partial charge in [-0.05, 0) is 23.6 Å². The number of amides is 1. The van der Waals surface area contributed by atoms with Crippen LogP contribution in [0.1, 0.15) is 25.8 Å². The Morgan fingerprint density at radius 3 is 2.75 bits per heavy atom. The van der Waals surface area contributed by atoms with Gasteiger partial charge in [-0.1, -0.05) is 13.8 Å². The summed E-state index contributed by atoms with van der Waals surface area (Å²) >= 11 is 0. The SMILES string of the molecule is CN(Cc1cc[nH]c1)C(=O)CC(C)(C)CN. The highest BCUT2D eigenvalue weighted by Crippen LogP contribution is 2.19. The second kappa shape index (κ2) is 5.16. The molecule has 0 bridgehead atoms. The molecule has 1 aromatic heterocycles. The lowest BCUT2D eigenvalue weighted by Gasteiger charge is -2.25. The molecule has 0 fully saturated rings. The largest absolute Gasteiger partial charge is 0.367 e. The molecule has 0 aliphatic heterocycles. The van der Waals surface area contributed by atoms with E-state index >= 15 is 0 Å². The molecule has 1 heterocycles. The Labute approximate surface area is 96.8 Å². The fourth-order valence-corrected chi connectivity index (χ4v) is 1.44. The Balaban J connectivity index is 2.48. The van der Waals surface area contributed by atoms with Gasteiger partial charge in [0.15, 0.2) is 0 Å². The molecule has 0 aromatic carbocycles. The van der Waals surface area contributed by atoms with Crippen molar-refractivity contribution >= 4 is 5.91 Å². The first-order chi connectivity index (χ1) is 7.44. The number of aromatic amines is 1. The van der Waals surface area contributed by atoms with E-state index in [4.69, 9.17) is 5.73 Å². The van der Waals surface area contributed by atoms with Gasteiger partial charge in [-0.25, -0.2) is 0 Å². The molecule has 1 rings (SSSR count). The van der Waals surface area contributed by atoms with Crippen LogP contribution >= 0.6 is 0 Å². The van der Waals surface area contributed by atoms with E-state index < -0.39 is 0 Å². The molecule has 1 amide bonds. The lowest BCUT2D eigenvalue weighted by Crippen LogP contribution is -2.34. The molecule has 0 unspecified atom stereocenters. The molecule has 0 saturated heterocycles.